The molecule has 0 aliphatic carbocycles. The smallest absolute Gasteiger partial charge is 0.251 e. The molecule has 0 heterocycles. The van der Waals surface area contributed by atoms with Crippen LogP contribution in [0.3, 0.4) is 0 Å². The number of likely N-dealkylation sites (N-methyl/N-ethyl adjacent to an activating group) is 1. The van der Waals surface area contributed by atoms with Gasteiger partial charge in [0.25, 0.3) is 5.91 Å². The largest absolute Gasteiger partial charge is 0.370 e. The summed E-state index contributed by atoms with van der Waals surface area (Å²) in [6, 6.07) is 0. The zero-order valence-electron chi connectivity index (χ0n) is 12.5. The molecule has 20 heavy (non-hydrogen) atoms. The number of ether oxygens (including phenoxy) is 1. The SMILES string of the molecule is CCCOC(CC=O)C(=O)N(C)CCCCCC(N)=O. The van der Waals surface area contributed by atoms with Crippen LogP contribution >= 0.6 is 0 Å². The molecule has 0 spiro atoms. The van der Waals surface area contributed by atoms with E-state index in [1.54, 1.807) is 11.9 Å². The molecule has 0 radical (unpaired) electrons. The first-order chi connectivity index (χ1) is 9.52. The van der Waals surface area contributed by atoms with Gasteiger partial charge in [0.1, 0.15) is 12.4 Å². The lowest BCUT2D eigenvalue weighted by Gasteiger charge is -2.22. The molecule has 0 aromatic carbocycles. The molecule has 1 atom stereocenters. The molecule has 0 saturated heterocycles. The molecule has 0 fully saturated rings. The molecular formula is C14H26N2O4. The molecule has 116 valence electrons. The van der Waals surface area contributed by atoms with E-state index in [9.17, 15) is 14.4 Å². The first kappa shape index (κ1) is 18.6. The average Bonchev–Trinajstić information content (AvgIpc) is 2.41. The minimum atomic E-state index is -0.678. The van der Waals surface area contributed by atoms with E-state index in [4.69, 9.17) is 10.5 Å². The van der Waals surface area contributed by atoms with Crippen LogP contribution in [-0.2, 0) is 19.1 Å². The fourth-order valence-electron chi connectivity index (χ4n) is 1.77. The van der Waals surface area contributed by atoms with Crippen LogP contribution in [-0.4, -0.2) is 49.3 Å². The van der Waals surface area contributed by atoms with Crippen LogP contribution in [0.25, 0.3) is 0 Å². The molecule has 2 N–H and O–H groups in total. The predicted octanol–water partition coefficient (Wildman–Crippen LogP) is 0.875. The predicted molar refractivity (Wildman–Crippen MR) is 76.0 cm³/mol. The number of primary amides is 1. The van der Waals surface area contributed by atoms with Crippen molar-refractivity contribution in [2.75, 3.05) is 20.2 Å². The van der Waals surface area contributed by atoms with Crippen molar-refractivity contribution < 1.29 is 19.1 Å². The maximum Gasteiger partial charge on any atom is 0.251 e. The monoisotopic (exact) mass is 286 g/mol. The Balaban J connectivity index is 4.02. The van der Waals surface area contributed by atoms with Gasteiger partial charge in [0, 0.05) is 33.0 Å². The number of unbranched alkanes of at least 4 members (excludes halogenated alkanes) is 2. The Morgan fingerprint density at radius 1 is 1.30 bits per heavy atom. The highest BCUT2D eigenvalue weighted by Gasteiger charge is 2.21. The Morgan fingerprint density at radius 3 is 2.55 bits per heavy atom. The van der Waals surface area contributed by atoms with Crippen molar-refractivity contribution in [1.82, 2.24) is 4.90 Å². The molecule has 6 heteroatoms. The highest BCUT2D eigenvalue weighted by atomic mass is 16.5. The molecule has 0 bridgehead atoms. The van der Waals surface area contributed by atoms with Gasteiger partial charge in [0.05, 0.1) is 0 Å². The van der Waals surface area contributed by atoms with Crippen molar-refractivity contribution in [3.63, 3.8) is 0 Å². The van der Waals surface area contributed by atoms with E-state index < -0.39 is 6.10 Å². The number of nitrogens with two attached hydrogens (primary N) is 1. The van der Waals surface area contributed by atoms with Gasteiger partial charge in [0.2, 0.25) is 5.91 Å². The first-order valence-electron chi connectivity index (χ1n) is 7.11. The van der Waals surface area contributed by atoms with Gasteiger partial charge in [-0.3, -0.25) is 9.59 Å². The molecule has 0 aliphatic rings. The lowest BCUT2D eigenvalue weighted by atomic mass is 10.1. The van der Waals surface area contributed by atoms with Crippen molar-refractivity contribution in [2.45, 2.75) is 51.6 Å². The third kappa shape index (κ3) is 8.63. The summed E-state index contributed by atoms with van der Waals surface area (Å²) < 4.78 is 5.39. The normalized spacial score (nSPS) is 11.9. The lowest BCUT2D eigenvalue weighted by molar-refractivity contribution is -0.144. The van der Waals surface area contributed by atoms with Gasteiger partial charge in [-0.05, 0) is 19.3 Å². The number of nitrogens with zero attached hydrogens (tertiary/aromatic N) is 1. The van der Waals surface area contributed by atoms with Gasteiger partial charge >= 0.3 is 0 Å². The summed E-state index contributed by atoms with van der Waals surface area (Å²) in [4.78, 5) is 34.8. The highest BCUT2D eigenvalue weighted by Crippen LogP contribution is 2.06. The Morgan fingerprint density at radius 2 is 2.00 bits per heavy atom. The Kier molecular flexibility index (Phi) is 10.6. The molecule has 0 rings (SSSR count). The average molecular weight is 286 g/mol. The third-order valence-electron chi connectivity index (χ3n) is 2.90. The van der Waals surface area contributed by atoms with Crippen LogP contribution in [0.2, 0.25) is 0 Å². The van der Waals surface area contributed by atoms with Gasteiger partial charge in [-0.25, -0.2) is 0 Å². The number of hydrogen-bond acceptors (Lipinski definition) is 4. The summed E-state index contributed by atoms with van der Waals surface area (Å²) in [6.07, 6.45) is 3.68. The molecule has 0 aliphatic heterocycles. The fraction of sp³-hybridized carbons (Fsp3) is 0.786. The molecule has 2 amide bonds. The van der Waals surface area contributed by atoms with E-state index in [0.29, 0.717) is 25.9 Å². The lowest BCUT2D eigenvalue weighted by Crippen LogP contribution is -2.39. The Hall–Kier alpha value is -1.43. The van der Waals surface area contributed by atoms with Crippen LogP contribution in [0.15, 0.2) is 0 Å². The standard InChI is InChI=1S/C14H26N2O4/c1-3-11-20-12(8-10-17)14(19)16(2)9-6-4-5-7-13(15)18/h10,12H,3-9,11H2,1-2H3,(H2,15,18). The third-order valence-corrected chi connectivity index (χ3v) is 2.90. The number of aldehydes is 1. The second-order valence-electron chi connectivity index (χ2n) is 4.80. The Bertz CT molecular complexity index is 308. The van der Waals surface area contributed by atoms with Crippen LogP contribution in [0, 0.1) is 0 Å². The van der Waals surface area contributed by atoms with E-state index in [2.05, 4.69) is 0 Å². The van der Waals surface area contributed by atoms with E-state index in [1.807, 2.05) is 6.92 Å². The molecule has 0 aromatic heterocycles. The zero-order valence-corrected chi connectivity index (χ0v) is 12.5. The fourth-order valence-corrected chi connectivity index (χ4v) is 1.77. The van der Waals surface area contributed by atoms with Gasteiger partial charge in [0.15, 0.2) is 0 Å². The summed E-state index contributed by atoms with van der Waals surface area (Å²) in [7, 11) is 1.70. The van der Waals surface area contributed by atoms with Gasteiger partial charge < -0.3 is 20.2 Å². The van der Waals surface area contributed by atoms with Crippen molar-refractivity contribution in [3.05, 3.63) is 0 Å². The van der Waals surface area contributed by atoms with E-state index in [-0.39, 0.29) is 18.2 Å². The summed E-state index contributed by atoms with van der Waals surface area (Å²) in [5, 5.41) is 0. The van der Waals surface area contributed by atoms with Crippen LogP contribution in [0.1, 0.15) is 45.4 Å². The maximum atomic E-state index is 12.1. The number of carbonyl (C=O) groups excluding carboxylic acids is 3. The van der Waals surface area contributed by atoms with Crippen LogP contribution < -0.4 is 5.73 Å². The van der Waals surface area contributed by atoms with Gasteiger partial charge in [-0.2, -0.15) is 0 Å². The second kappa shape index (κ2) is 11.4. The summed E-state index contributed by atoms with van der Waals surface area (Å²) in [5.74, 6) is -0.464. The summed E-state index contributed by atoms with van der Waals surface area (Å²) in [5.41, 5.74) is 5.05. The minimum absolute atomic E-state index is 0.0881. The van der Waals surface area contributed by atoms with Crippen LogP contribution in [0.5, 0.6) is 0 Å². The highest BCUT2D eigenvalue weighted by molar-refractivity contribution is 5.83. The molecule has 1 unspecified atom stereocenters. The number of hydrogen-bond donors (Lipinski definition) is 1. The quantitative estimate of drug-likeness (QED) is 0.426. The zero-order chi connectivity index (χ0) is 15.4. The summed E-state index contributed by atoms with van der Waals surface area (Å²) >= 11 is 0. The van der Waals surface area contributed by atoms with E-state index >= 15 is 0 Å². The molecule has 0 saturated carbocycles. The second-order valence-corrected chi connectivity index (χ2v) is 4.80. The van der Waals surface area contributed by atoms with Crippen LogP contribution in [0.4, 0.5) is 0 Å². The Labute approximate surface area is 120 Å². The van der Waals surface area contributed by atoms with Crippen molar-refractivity contribution in [1.29, 1.82) is 0 Å². The summed E-state index contributed by atoms with van der Waals surface area (Å²) in [6.45, 7) is 3.00. The molecule has 6 nitrogen and oxygen atoms in total. The van der Waals surface area contributed by atoms with E-state index in [1.165, 1.54) is 0 Å². The van der Waals surface area contributed by atoms with Crippen molar-refractivity contribution >= 4 is 18.1 Å². The van der Waals surface area contributed by atoms with E-state index in [0.717, 1.165) is 25.7 Å². The van der Waals surface area contributed by atoms with Gasteiger partial charge in [-0.1, -0.05) is 13.3 Å². The van der Waals surface area contributed by atoms with Crippen molar-refractivity contribution in [3.8, 4) is 0 Å². The number of amides is 2. The topological polar surface area (TPSA) is 89.7 Å². The van der Waals surface area contributed by atoms with Gasteiger partial charge in [-0.15, -0.1) is 0 Å². The molecule has 0 aromatic rings. The molecular weight excluding hydrogens is 260 g/mol. The first-order valence-corrected chi connectivity index (χ1v) is 7.11. The van der Waals surface area contributed by atoms with Crippen molar-refractivity contribution in [2.24, 2.45) is 5.73 Å². The minimum Gasteiger partial charge on any atom is -0.370 e. The number of rotatable bonds is 12. The maximum absolute atomic E-state index is 12.1. The number of carbonyl (C=O) groups is 3.